The lowest BCUT2D eigenvalue weighted by Crippen LogP contribution is -2.46. The number of amides is 1. The van der Waals surface area contributed by atoms with Crippen LogP contribution in [0.2, 0.25) is 0 Å². The van der Waals surface area contributed by atoms with E-state index in [1.807, 2.05) is 27.7 Å². The quantitative estimate of drug-likeness (QED) is 0.575. The van der Waals surface area contributed by atoms with Gasteiger partial charge in [0.15, 0.2) is 11.2 Å². The van der Waals surface area contributed by atoms with Crippen molar-refractivity contribution in [3.8, 4) is 0 Å². The molecule has 9 heteroatoms. The van der Waals surface area contributed by atoms with Gasteiger partial charge in [0.1, 0.15) is 12.3 Å². The fourth-order valence-corrected chi connectivity index (χ4v) is 3.20. The molecule has 1 amide bonds. The molecule has 1 N–H and O–H groups in total. The summed E-state index contributed by atoms with van der Waals surface area (Å²) < 4.78 is 9.53. The third kappa shape index (κ3) is 4.39. The highest BCUT2D eigenvalue weighted by Crippen LogP contribution is 2.11. The first kappa shape index (κ1) is 21.6. The van der Waals surface area contributed by atoms with Crippen LogP contribution in [-0.2, 0) is 24.4 Å². The average molecular weight is 415 g/mol. The summed E-state index contributed by atoms with van der Waals surface area (Å²) in [6.45, 7) is 8.31. The van der Waals surface area contributed by atoms with E-state index < -0.39 is 11.2 Å². The van der Waals surface area contributed by atoms with E-state index in [2.05, 4.69) is 10.3 Å². The molecule has 3 aromatic heterocycles. The van der Waals surface area contributed by atoms with Crippen LogP contribution in [0.5, 0.6) is 0 Å². The molecule has 0 bridgehead atoms. The fourth-order valence-electron chi connectivity index (χ4n) is 3.20. The van der Waals surface area contributed by atoms with Gasteiger partial charge in [-0.15, -0.1) is 0 Å². The van der Waals surface area contributed by atoms with E-state index in [1.165, 1.54) is 10.9 Å². The van der Waals surface area contributed by atoms with Crippen LogP contribution in [0.25, 0.3) is 11.2 Å². The summed E-state index contributed by atoms with van der Waals surface area (Å²) in [4.78, 5) is 43.1. The van der Waals surface area contributed by atoms with Gasteiger partial charge < -0.3 is 14.3 Å². The van der Waals surface area contributed by atoms with Crippen LogP contribution in [-0.4, -0.2) is 30.6 Å². The minimum Gasteiger partial charge on any atom is -0.467 e. The van der Waals surface area contributed by atoms with Crippen LogP contribution in [0.4, 0.5) is 0 Å². The number of fused-ring (bicyclic) bond motifs is 1. The Hall–Kier alpha value is -3.10. The number of nitrogens with one attached hydrogen (secondary N) is 1. The number of aromatic nitrogens is 4. The molecule has 0 radical (unpaired) electrons. The van der Waals surface area contributed by atoms with E-state index >= 15 is 0 Å². The third-order valence-corrected chi connectivity index (χ3v) is 5.32. The second-order valence-corrected chi connectivity index (χ2v) is 7.90. The van der Waals surface area contributed by atoms with Crippen LogP contribution in [0.15, 0.2) is 38.7 Å². The monoisotopic (exact) mass is 415 g/mol. The maximum Gasteiger partial charge on any atom is 0.333 e. The Morgan fingerprint density at radius 2 is 2.00 bits per heavy atom. The molecule has 0 aromatic carbocycles. The van der Waals surface area contributed by atoms with Gasteiger partial charge in [-0.05, 0) is 31.4 Å². The van der Waals surface area contributed by atoms with Gasteiger partial charge in [0, 0.05) is 12.6 Å². The van der Waals surface area contributed by atoms with Crippen LogP contribution >= 0.6 is 0 Å². The van der Waals surface area contributed by atoms with Gasteiger partial charge in [-0.3, -0.25) is 14.2 Å². The van der Waals surface area contributed by atoms with E-state index in [-0.39, 0.29) is 29.9 Å². The summed E-state index contributed by atoms with van der Waals surface area (Å²) in [7, 11) is 0. The number of hydrogen-bond donors (Lipinski definition) is 1. The second kappa shape index (κ2) is 9.15. The predicted octanol–water partition coefficient (Wildman–Crippen LogP) is 1.96. The van der Waals surface area contributed by atoms with E-state index in [1.54, 1.807) is 23.0 Å². The first-order valence-electron chi connectivity index (χ1n) is 10.3. The molecule has 1 unspecified atom stereocenters. The van der Waals surface area contributed by atoms with E-state index in [4.69, 9.17) is 4.42 Å². The van der Waals surface area contributed by atoms with Crippen molar-refractivity contribution < 1.29 is 9.21 Å². The summed E-state index contributed by atoms with van der Waals surface area (Å²) in [5.74, 6) is 0.535. The van der Waals surface area contributed by atoms with Gasteiger partial charge in [0.2, 0.25) is 5.91 Å². The highest BCUT2D eigenvalue weighted by atomic mass is 16.3. The van der Waals surface area contributed by atoms with Crippen LogP contribution in [0, 0.1) is 5.92 Å². The zero-order valence-electron chi connectivity index (χ0n) is 17.9. The maximum atomic E-state index is 13.2. The number of carbonyl (C=O) groups excluding carboxylic acids is 1. The first-order chi connectivity index (χ1) is 14.3. The van der Waals surface area contributed by atoms with Gasteiger partial charge in [-0.2, -0.15) is 0 Å². The van der Waals surface area contributed by atoms with Crippen molar-refractivity contribution in [3.63, 3.8) is 0 Å². The third-order valence-electron chi connectivity index (χ3n) is 5.32. The average Bonchev–Trinajstić information content (AvgIpc) is 3.35. The van der Waals surface area contributed by atoms with Crippen LogP contribution < -0.4 is 16.6 Å². The second-order valence-electron chi connectivity index (χ2n) is 7.90. The maximum absolute atomic E-state index is 13.2. The summed E-state index contributed by atoms with van der Waals surface area (Å²) in [5.41, 5.74) is -0.431. The van der Waals surface area contributed by atoms with E-state index in [0.717, 1.165) is 17.4 Å². The normalized spacial score (nSPS) is 12.6. The zero-order valence-corrected chi connectivity index (χ0v) is 17.9. The van der Waals surface area contributed by atoms with Crippen molar-refractivity contribution in [2.24, 2.45) is 5.92 Å². The van der Waals surface area contributed by atoms with Crippen molar-refractivity contribution in [3.05, 3.63) is 51.3 Å². The molecule has 0 fully saturated rings. The summed E-state index contributed by atoms with van der Waals surface area (Å²) in [6, 6.07) is 3.51. The molecule has 3 heterocycles. The Morgan fingerprint density at radius 3 is 2.63 bits per heavy atom. The lowest BCUT2D eigenvalue weighted by molar-refractivity contribution is -0.122. The molecule has 3 aromatic rings. The van der Waals surface area contributed by atoms with Crippen molar-refractivity contribution in [1.29, 1.82) is 0 Å². The summed E-state index contributed by atoms with van der Waals surface area (Å²) in [5, 5.41) is 2.85. The topological polar surface area (TPSA) is 104 Å². The Kier molecular flexibility index (Phi) is 6.59. The SMILES string of the molecule is CCCCn1c(=O)n(CC(=O)NC(C)C(C)C)c(=O)c2c1ncn2Cc1ccco1. The number of furan rings is 1. The summed E-state index contributed by atoms with van der Waals surface area (Å²) >= 11 is 0. The molecule has 3 rings (SSSR count). The Balaban J connectivity index is 2.07. The molecular formula is C21H29N5O4. The van der Waals surface area contributed by atoms with Gasteiger partial charge in [0.05, 0.1) is 19.1 Å². The number of aryl methyl sites for hydroxylation is 1. The van der Waals surface area contributed by atoms with Gasteiger partial charge in [-0.25, -0.2) is 14.3 Å². The summed E-state index contributed by atoms with van der Waals surface area (Å²) in [6.07, 6.45) is 4.73. The van der Waals surface area contributed by atoms with Gasteiger partial charge >= 0.3 is 5.69 Å². The highest BCUT2D eigenvalue weighted by molar-refractivity contribution is 5.77. The molecule has 0 aliphatic heterocycles. The zero-order chi connectivity index (χ0) is 21.8. The van der Waals surface area contributed by atoms with Gasteiger partial charge in [-0.1, -0.05) is 27.2 Å². The fraction of sp³-hybridized carbons (Fsp3) is 0.524. The standard InChI is InChI=1S/C21H29N5O4/c1-5-6-9-25-19-18(24(13-22-19)11-16-8-7-10-30-16)20(28)26(21(25)29)12-17(27)23-15(4)14(2)3/h7-8,10,13-15H,5-6,9,11-12H2,1-4H3,(H,23,27). The molecule has 9 nitrogen and oxygen atoms in total. The Labute approximate surface area is 174 Å². The van der Waals surface area contributed by atoms with E-state index in [9.17, 15) is 14.4 Å². The molecule has 0 saturated carbocycles. The largest absolute Gasteiger partial charge is 0.467 e. The minimum absolute atomic E-state index is 0.0660. The van der Waals surface area contributed by atoms with Crippen LogP contribution in [0.3, 0.4) is 0 Å². The molecule has 30 heavy (non-hydrogen) atoms. The molecule has 1 atom stereocenters. The molecule has 0 aliphatic rings. The smallest absolute Gasteiger partial charge is 0.333 e. The lowest BCUT2D eigenvalue weighted by atomic mass is 10.1. The number of unbranched alkanes of at least 4 members (excludes halogenated alkanes) is 1. The van der Waals surface area contributed by atoms with Crippen molar-refractivity contribution in [2.45, 2.75) is 66.2 Å². The minimum atomic E-state index is -0.529. The first-order valence-corrected chi connectivity index (χ1v) is 10.3. The van der Waals surface area contributed by atoms with Crippen molar-refractivity contribution >= 4 is 17.1 Å². The number of carbonyl (C=O) groups is 1. The van der Waals surface area contributed by atoms with Crippen molar-refractivity contribution in [2.75, 3.05) is 0 Å². The molecular weight excluding hydrogens is 386 g/mol. The Morgan fingerprint density at radius 1 is 1.23 bits per heavy atom. The Bertz CT molecular complexity index is 1120. The predicted molar refractivity (Wildman–Crippen MR) is 113 cm³/mol. The van der Waals surface area contributed by atoms with Crippen LogP contribution in [0.1, 0.15) is 46.3 Å². The molecule has 162 valence electrons. The molecule has 0 aliphatic carbocycles. The van der Waals surface area contributed by atoms with Gasteiger partial charge in [0.25, 0.3) is 5.56 Å². The number of rotatable bonds is 9. The number of imidazole rings is 1. The molecule has 0 saturated heterocycles. The molecule has 0 spiro atoms. The lowest BCUT2D eigenvalue weighted by Gasteiger charge is -2.18. The highest BCUT2D eigenvalue weighted by Gasteiger charge is 2.21. The number of hydrogen-bond acceptors (Lipinski definition) is 5. The van der Waals surface area contributed by atoms with Crippen molar-refractivity contribution in [1.82, 2.24) is 24.0 Å². The number of nitrogens with zero attached hydrogens (tertiary/aromatic N) is 4. The van der Waals surface area contributed by atoms with E-state index in [0.29, 0.717) is 24.5 Å².